The van der Waals surface area contributed by atoms with Crippen molar-refractivity contribution in [3.05, 3.63) is 34.1 Å². The second-order valence-electron chi connectivity index (χ2n) is 6.39. The molecule has 0 heterocycles. The number of alkyl halides is 3. The summed E-state index contributed by atoms with van der Waals surface area (Å²) in [7, 11) is -2.24. The van der Waals surface area contributed by atoms with Crippen LogP contribution < -0.4 is 4.72 Å². The highest BCUT2D eigenvalue weighted by molar-refractivity contribution is 9.10. The zero-order chi connectivity index (χ0) is 20.3. The Morgan fingerprint density at radius 1 is 1.31 bits per heavy atom. The van der Waals surface area contributed by atoms with E-state index in [4.69, 9.17) is 0 Å². The fourth-order valence-electron chi connectivity index (χ4n) is 2.04. The van der Waals surface area contributed by atoms with Gasteiger partial charge in [0.1, 0.15) is 5.82 Å². The molecule has 0 saturated heterocycles. The standard InChI is InChI=1S/C16H20BrF4NO3S/c1-5-25-13(23)12(19)16(14(20)21,22-26(24)15(2,3)4)10-8-9(17)6-7-11(10)18/h6-8,12,14,22H,5H2,1-4H3/t12-,16+,26?/m0/s1. The largest absolute Gasteiger partial charge is 0.464 e. The van der Waals surface area contributed by atoms with Crippen LogP contribution in [-0.2, 0) is 26.1 Å². The number of carbonyl (C=O) groups is 1. The molecule has 0 bridgehead atoms. The van der Waals surface area contributed by atoms with Gasteiger partial charge in [-0.3, -0.25) is 0 Å². The molecule has 10 heteroatoms. The van der Waals surface area contributed by atoms with E-state index in [1.807, 2.05) is 4.72 Å². The third-order valence-electron chi connectivity index (χ3n) is 3.43. The second kappa shape index (κ2) is 8.79. The lowest BCUT2D eigenvalue weighted by atomic mass is 9.86. The molecule has 1 aromatic carbocycles. The number of ether oxygens (including phenoxy) is 1. The van der Waals surface area contributed by atoms with E-state index >= 15 is 0 Å². The van der Waals surface area contributed by atoms with Gasteiger partial charge in [0.15, 0.2) is 5.54 Å². The molecule has 0 amide bonds. The summed E-state index contributed by atoms with van der Waals surface area (Å²) >= 11 is 3.01. The average Bonchev–Trinajstić information content (AvgIpc) is 2.53. The first-order chi connectivity index (χ1) is 11.9. The lowest BCUT2D eigenvalue weighted by molar-refractivity contribution is -0.156. The molecule has 0 aliphatic rings. The van der Waals surface area contributed by atoms with Crippen molar-refractivity contribution in [2.45, 2.75) is 50.6 Å². The van der Waals surface area contributed by atoms with Gasteiger partial charge in [-0.1, -0.05) is 15.9 Å². The van der Waals surface area contributed by atoms with Crippen molar-refractivity contribution in [2.24, 2.45) is 0 Å². The van der Waals surface area contributed by atoms with Crippen molar-refractivity contribution in [2.75, 3.05) is 6.61 Å². The first kappa shape index (κ1) is 23.0. The van der Waals surface area contributed by atoms with Crippen LogP contribution >= 0.6 is 15.9 Å². The Kier molecular flexibility index (Phi) is 7.79. The Morgan fingerprint density at radius 2 is 1.88 bits per heavy atom. The second-order valence-corrected chi connectivity index (χ2v) is 9.27. The minimum atomic E-state index is -3.61. The molecule has 0 aliphatic carbocycles. The molecule has 148 valence electrons. The highest BCUT2D eigenvalue weighted by Crippen LogP contribution is 2.38. The van der Waals surface area contributed by atoms with Gasteiger partial charge >= 0.3 is 5.97 Å². The van der Waals surface area contributed by atoms with Gasteiger partial charge in [0.2, 0.25) is 6.17 Å². The summed E-state index contributed by atoms with van der Waals surface area (Å²) in [6.45, 7) is 5.49. The lowest BCUT2D eigenvalue weighted by Crippen LogP contribution is -2.60. The van der Waals surface area contributed by atoms with E-state index in [1.165, 1.54) is 33.8 Å². The normalized spacial score (nSPS) is 16.8. The molecule has 26 heavy (non-hydrogen) atoms. The van der Waals surface area contributed by atoms with E-state index in [0.29, 0.717) is 0 Å². The van der Waals surface area contributed by atoms with Gasteiger partial charge in [-0.2, -0.15) is 0 Å². The Bertz CT molecular complexity index is 684. The quantitative estimate of drug-likeness (QED) is 0.493. The summed E-state index contributed by atoms with van der Waals surface area (Å²) in [4.78, 5) is 11.9. The Hall–Kier alpha value is -1.00. The van der Waals surface area contributed by atoms with E-state index in [-0.39, 0.29) is 11.1 Å². The van der Waals surface area contributed by atoms with Crippen molar-refractivity contribution in [1.29, 1.82) is 0 Å². The van der Waals surface area contributed by atoms with Crippen LogP contribution in [0.4, 0.5) is 17.6 Å². The molecule has 0 fully saturated rings. The molecule has 1 aromatic rings. The van der Waals surface area contributed by atoms with Crippen LogP contribution in [-0.4, -0.2) is 34.1 Å². The van der Waals surface area contributed by atoms with Gasteiger partial charge in [0.05, 0.1) is 22.3 Å². The zero-order valence-electron chi connectivity index (χ0n) is 14.6. The molecule has 1 rings (SSSR count). The first-order valence-corrected chi connectivity index (χ1v) is 9.56. The van der Waals surface area contributed by atoms with Crippen LogP contribution in [0.1, 0.15) is 33.3 Å². The maximum atomic E-state index is 15.0. The average molecular weight is 462 g/mol. The molecule has 1 unspecified atom stereocenters. The number of nitrogens with one attached hydrogen (secondary N) is 1. The molecule has 0 aromatic heterocycles. The van der Waals surface area contributed by atoms with Crippen LogP contribution in [0.2, 0.25) is 0 Å². The fourth-order valence-corrected chi connectivity index (χ4v) is 3.31. The Morgan fingerprint density at radius 3 is 2.35 bits per heavy atom. The van der Waals surface area contributed by atoms with Crippen molar-refractivity contribution < 1.29 is 31.3 Å². The number of rotatable bonds is 7. The summed E-state index contributed by atoms with van der Waals surface area (Å²) in [5.74, 6) is -2.79. The third-order valence-corrected chi connectivity index (χ3v) is 5.56. The maximum Gasteiger partial charge on any atom is 0.343 e. The topological polar surface area (TPSA) is 55.4 Å². The van der Waals surface area contributed by atoms with E-state index < -0.39 is 51.2 Å². The van der Waals surface area contributed by atoms with E-state index in [0.717, 1.165) is 12.1 Å². The smallest absolute Gasteiger partial charge is 0.343 e. The highest BCUT2D eigenvalue weighted by atomic mass is 79.9. The Labute approximate surface area is 160 Å². The molecular weight excluding hydrogens is 442 g/mol. The van der Waals surface area contributed by atoms with Crippen molar-refractivity contribution in [3.8, 4) is 0 Å². The molecule has 3 atom stereocenters. The van der Waals surface area contributed by atoms with Crippen LogP contribution in [0.15, 0.2) is 22.7 Å². The summed E-state index contributed by atoms with van der Waals surface area (Å²) in [5.41, 5.74) is -4.03. The molecule has 0 aliphatic heterocycles. The highest BCUT2D eigenvalue weighted by Gasteiger charge is 2.56. The number of carbonyl (C=O) groups excluding carboxylic acids is 1. The van der Waals surface area contributed by atoms with Crippen molar-refractivity contribution in [1.82, 2.24) is 4.72 Å². The van der Waals surface area contributed by atoms with Gasteiger partial charge in [-0.15, -0.1) is 0 Å². The van der Waals surface area contributed by atoms with Crippen LogP contribution in [0, 0.1) is 5.82 Å². The van der Waals surface area contributed by atoms with Crippen LogP contribution in [0.25, 0.3) is 0 Å². The van der Waals surface area contributed by atoms with Crippen molar-refractivity contribution >= 4 is 32.9 Å². The molecule has 4 nitrogen and oxygen atoms in total. The molecular formula is C16H20BrF4NO3S. The minimum Gasteiger partial charge on any atom is -0.464 e. The Balaban J connectivity index is 3.68. The summed E-state index contributed by atoms with van der Waals surface area (Å²) in [6, 6.07) is 2.99. The molecule has 0 spiro atoms. The molecule has 1 N–H and O–H groups in total. The molecule has 0 saturated carbocycles. The third kappa shape index (κ3) is 4.83. The van der Waals surface area contributed by atoms with E-state index in [9.17, 15) is 26.6 Å². The summed E-state index contributed by atoms with van der Waals surface area (Å²) < 4.78 is 75.6. The van der Waals surface area contributed by atoms with Gasteiger partial charge in [0.25, 0.3) is 6.43 Å². The van der Waals surface area contributed by atoms with Crippen LogP contribution in [0.5, 0.6) is 0 Å². The zero-order valence-corrected chi connectivity index (χ0v) is 17.0. The predicted molar refractivity (Wildman–Crippen MR) is 94.3 cm³/mol. The molecule has 0 radical (unpaired) electrons. The van der Waals surface area contributed by atoms with E-state index in [1.54, 1.807) is 0 Å². The van der Waals surface area contributed by atoms with E-state index in [2.05, 4.69) is 20.7 Å². The lowest BCUT2D eigenvalue weighted by Gasteiger charge is -2.37. The van der Waals surface area contributed by atoms with Crippen LogP contribution in [0.3, 0.4) is 0 Å². The van der Waals surface area contributed by atoms with Gasteiger partial charge in [-0.05, 0) is 45.9 Å². The minimum absolute atomic E-state index is 0.179. The fraction of sp³-hybridized carbons (Fsp3) is 0.562. The van der Waals surface area contributed by atoms with Gasteiger partial charge < -0.3 is 4.74 Å². The number of hydrogen-bond acceptors (Lipinski definition) is 3. The van der Waals surface area contributed by atoms with Crippen molar-refractivity contribution in [3.63, 3.8) is 0 Å². The number of esters is 1. The van der Waals surface area contributed by atoms with Gasteiger partial charge in [0, 0.05) is 10.0 Å². The summed E-state index contributed by atoms with van der Waals surface area (Å²) in [6.07, 6.45) is -6.62. The van der Waals surface area contributed by atoms with Gasteiger partial charge in [-0.25, -0.2) is 31.3 Å². The number of benzene rings is 1. The number of hydrogen-bond donors (Lipinski definition) is 1. The monoisotopic (exact) mass is 461 g/mol. The summed E-state index contributed by atoms with van der Waals surface area (Å²) in [5, 5.41) is 0. The first-order valence-electron chi connectivity index (χ1n) is 7.62. The SMILES string of the molecule is CCOC(=O)[C@H](F)[C@](NS(=O)C(C)(C)C)(c1cc(Br)ccc1F)C(F)F. The predicted octanol–water partition coefficient (Wildman–Crippen LogP) is 4.00. The number of halogens is 5. The maximum absolute atomic E-state index is 15.0.